The van der Waals surface area contributed by atoms with Crippen molar-refractivity contribution in [3.8, 4) is 28.6 Å². The van der Waals surface area contributed by atoms with Crippen LogP contribution in [-0.4, -0.2) is 50.6 Å². The number of hydrogen-bond acceptors (Lipinski definition) is 8. The van der Waals surface area contributed by atoms with E-state index in [0.717, 1.165) is 11.8 Å². The van der Waals surface area contributed by atoms with E-state index < -0.39 is 29.1 Å². The van der Waals surface area contributed by atoms with Crippen molar-refractivity contribution < 1.29 is 23.5 Å². The lowest BCUT2D eigenvalue weighted by atomic mass is 10.00. The highest BCUT2D eigenvalue weighted by atomic mass is 19.1. The second-order valence-corrected chi connectivity index (χ2v) is 11.0. The Balaban J connectivity index is 1.84. The summed E-state index contributed by atoms with van der Waals surface area (Å²) in [6.45, 7) is 6.70. The molecule has 214 valence electrons. The van der Waals surface area contributed by atoms with Gasteiger partial charge in [0.2, 0.25) is 0 Å². The van der Waals surface area contributed by atoms with Gasteiger partial charge in [-0.3, -0.25) is 24.0 Å². The molecular formula is C31H28FN5O5. The summed E-state index contributed by atoms with van der Waals surface area (Å²) in [5.74, 6) is -0.971. The molecule has 0 aliphatic carbocycles. The largest absolute Gasteiger partial charge is 0.494 e. The molecule has 1 saturated heterocycles. The molecule has 1 aliphatic heterocycles. The van der Waals surface area contributed by atoms with Crippen LogP contribution in [0.5, 0.6) is 5.75 Å². The van der Waals surface area contributed by atoms with E-state index in [4.69, 9.17) is 14.5 Å². The Bertz CT molecular complexity index is 1840. The summed E-state index contributed by atoms with van der Waals surface area (Å²) in [4.78, 5) is 50.7. The quantitative estimate of drug-likeness (QED) is 0.335. The molecule has 1 fully saturated rings. The van der Waals surface area contributed by atoms with E-state index in [2.05, 4.69) is 11.1 Å². The molecule has 0 radical (unpaired) electrons. The smallest absolute Gasteiger partial charge is 0.411 e. The molecule has 0 saturated carbocycles. The number of nitriles is 1. The van der Waals surface area contributed by atoms with Crippen LogP contribution in [0.4, 0.5) is 9.18 Å². The number of fused-ring (bicyclic) bond motifs is 1. The average Bonchev–Trinajstić information content (AvgIpc) is 3.33. The van der Waals surface area contributed by atoms with Gasteiger partial charge in [-0.2, -0.15) is 5.26 Å². The number of carbonyl (C=O) groups excluding carboxylic acids is 2. The third kappa shape index (κ3) is 5.31. The molecule has 2 aromatic heterocycles. The molecule has 0 N–H and O–H groups in total. The van der Waals surface area contributed by atoms with Gasteiger partial charge in [0.15, 0.2) is 17.3 Å². The number of ether oxygens (including phenoxy) is 2. The van der Waals surface area contributed by atoms with Crippen molar-refractivity contribution in [1.29, 1.82) is 5.26 Å². The molecule has 10 nitrogen and oxygen atoms in total. The van der Waals surface area contributed by atoms with Crippen molar-refractivity contribution in [2.24, 2.45) is 0 Å². The van der Waals surface area contributed by atoms with Gasteiger partial charge in [0.05, 0.1) is 41.9 Å². The highest BCUT2D eigenvalue weighted by molar-refractivity contribution is 5.95. The van der Waals surface area contributed by atoms with Gasteiger partial charge in [0, 0.05) is 35.5 Å². The van der Waals surface area contributed by atoms with E-state index in [0.29, 0.717) is 11.1 Å². The first-order valence-electron chi connectivity index (χ1n) is 13.2. The number of aromatic nitrogens is 3. The molecule has 42 heavy (non-hydrogen) atoms. The van der Waals surface area contributed by atoms with Crippen molar-refractivity contribution in [3.63, 3.8) is 0 Å². The van der Waals surface area contributed by atoms with E-state index in [9.17, 15) is 24.0 Å². The SMILES string of the molecule is COc1ccc(-n2c([C@@H]3CC(=O)CN3C(=O)OC(C)(C)C)nc3c(-c4ccc(C)nc4)cc(C#N)cc3c2=O)cc1F. The third-order valence-corrected chi connectivity index (χ3v) is 6.81. The zero-order valence-corrected chi connectivity index (χ0v) is 23.8. The Morgan fingerprint density at radius 3 is 2.52 bits per heavy atom. The van der Waals surface area contributed by atoms with Gasteiger partial charge in [0.25, 0.3) is 5.56 Å². The van der Waals surface area contributed by atoms with Crippen molar-refractivity contribution in [1.82, 2.24) is 19.4 Å². The first kappa shape index (κ1) is 28.4. The number of hydrogen-bond donors (Lipinski definition) is 0. The molecule has 0 spiro atoms. The lowest BCUT2D eigenvalue weighted by Crippen LogP contribution is -2.39. The fourth-order valence-electron chi connectivity index (χ4n) is 4.92. The first-order valence-corrected chi connectivity index (χ1v) is 13.2. The number of amides is 1. The van der Waals surface area contributed by atoms with Crippen LogP contribution in [-0.2, 0) is 9.53 Å². The molecule has 0 unspecified atom stereocenters. The molecular weight excluding hydrogens is 541 g/mol. The Kier molecular flexibility index (Phi) is 7.24. The summed E-state index contributed by atoms with van der Waals surface area (Å²) >= 11 is 0. The number of nitrogens with zero attached hydrogens (tertiary/aromatic N) is 5. The van der Waals surface area contributed by atoms with Crippen LogP contribution in [0, 0.1) is 24.1 Å². The van der Waals surface area contributed by atoms with E-state index in [1.54, 1.807) is 45.2 Å². The van der Waals surface area contributed by atoms with E-state index in [-0.39, 0.29) is 52.5 Å². The molecule has 4 aromatic rings. The number of likely N-dealkylation sites (tertiary alicyclic amines) is 1. The second-order valence-electron chi connectivity index (χ2n) is 11.0. The fraction of sp³-hybridized carbons (Fsp3) is 0.290. The summed E-state index contributed by atoms with van der Waals surface area (Å²) in [5.41, 5.74) is 0.957. The van der Waals surface area contributed by atoms with Crippen molar-refractivity contribution in [2.75, 3.05) is 13.7 Å². The van der Waals surface area contributed by atoms with Gasteiger partial charge < -0.3 is 9.47 Å². The van der Waals surface area contributed by atoms with Gasteiger partial charge in [-0.25, -0.2) is 14.2 Å². The van der Waals surface area contributed by atoms with Crippen LogP contribution in [0.25, 0.3) is 27.7 Å². The third-order valence-electron chi connectivity index (χ3n) is 6.81. The van der Waals surface area contributed by atoms with Crippen LogP contribution in [0.15, 0.2) is 53.5 Å². The van der Waals surface area contributed by atoms with Crippen LogP contribution >= 0.6 is 0 Å². The number of methoxy groups -OCH3 is 1. The maximum Gasteiger partial charge on any atom is 0.411 e. The zero-order valence-electron chi connectivity index (χ0n) is 23.8. The second kappa shape index (κ2) is 10.7. The molecule has 1 atom stereocenters. The molecule has 5 rings (SSSR count). The number of ketones is 1. The number of aryl methyl sites for hydroxylation is 1. The minimum atomic E-state index is -0.991. The summed E-state index contributed by atoms with van der Waals surface area (Å²) in [6, 6.07) is 11.7. The number of pyridine rings is 1. The van der Waals surface area contributed by atoms with Gasteiger partial charge in [-0.05, 0) is 58.0 Å². The standard InChI is InChI=1S/C31H28FN5O5/c1-17-6-7-19(15-34-17)22-10-18(14-33)11-23-27(22)35-28(25-13-21(38)16-36(25)30(40)42-31(2,3)4)37(29(23)39)20-8-9-26(41-5)24(32)12-20/h6-12,15,25H,13,16H2,1-5H3/t25-/m0/s1. The monoisotopic (exact) mass is 569 g/mol. The topological polar surface area (TPSA) is 127 Å². The zero-order chi connectivity index (χ0) is 30.3. The average molecular weight is 570 g/mol. The number of carbonyl (C=O) groups is 2. The van der Waals surface area contributed by atoms with Gasteiger partial charge >= 0.3 is 6.09 Å². The van der Waals surface area contributed by atoms with E-state index in [1.807, 2.05) is 6.92 Å². The van der Waals surface area contributed by atoms with E-state index >= 15 is 0 Å². The Labute approximate surface area is 240 Å². The molecule has 0 bridgehead atoms. The Morgan fingerprint density at radius 1 is 1.14 bits per heavy atom. The molecule has 11 heteroatoms. The number of rotatable bonds is 4. The molecule has 1 amide bonds. The van der Waals surface area contributed by atoms with Crippen molar-refractivity contribution in [3.05, 3.63) is 81.9 Å². The highest BCUT2D eigenvalue weighted by Gasteiger charge is 2.40. The lowest BCUT2D eigenvalue weighted by Gasteiger charge is -2.29. The number of Topliss-reactive ketones (excluding diaryl/α,β-unsaturated/α-hetero) is 1. The number of benzene rings is 2. The Hall–Kier alpha value is -5.11. The fourth-order valence-corrected chi connectivity index (χ4v) is 4.92. The molecule has 2 aromatic carbocycles. The van der Waals surface area contributed by atoms with Crippen LogP contribution in [0.1, 0.15) is 50.3 Å². The van der Waals surface area contributed by atoms with Gasteiger partial charge in [0.1, 0.15) is 17.5 Å². The first-order chi connectivity index (χ1) is 19.9. The molecule has 3 heterocycles. The van der Waals surface area contributed by atoms with Crippen LogP contribution in [0.2, 0.25) is 0 Å². The summed E-state index contributed by atoms with van der Waals surface area (Å²) in [7, 11) is 1.32. The highest BCUT2D eigenvalue weighted by Crippen LogP contribution is 2.35. The maximum atomic E-state index is 14.9. The van der Waals surface area contributed by atoms with Crippen molar-refractivity contribution >= 4 is 22.8 Å². The summed E-state index contributed by atoms with van der Waals surface area (Å²) in [5, 5.41) is 9.87. The summed E-state index contributed by atoms with van der Waals surface area (Å²) in [6.07, 6.45) is 0.735. The van der Waals surface area contributed by atoms with Crippen LogP contribution in [0.3, 0.4) is 0 Å². The van der Waals surface area contributed by atoms with Crippen molar-refractivity contribution in [2.45, 2.75) is 45.8 Å². The normalized spacial score (nSPS) is 15.1. The van der Waals surface area contributed by atoms with Crippen LogP contribution < -0.4 is 10.3 Å². The van der Waals surface area contributed by atoms with Gasteiger partial charge in [-0.1, -0.05) is 6.07 Å². The maximum absolute atomic E-state index is 14.9. The minimum Gasteiger partial charge on any atom is -0.494 e. The van der Waals surface area contributed by atoms with Gasteiger partial charge in [-0.15, -0.1) is 0 Å². The predicted molar refractivity (Wildman–Crippen MR) is 152 cm³/mol. The molecule has 1 aliphatic rings. The predicted octanol–water partition coefficient (Wildman–Crippen LogP) is 5.03. The Morgan fingerprint density at radius 2 is 1.90 bits per heavy atom. The number of halogens is 1. The summed E-state index contributed by atoms with van der Waals surface area (Å²) < 4.78 is 26.7. The lowest BCUT2D eigenvalue weighted by molar-refractivity contribution is -0.117. The minimum absolute atomic E-state index is 0.0329. The van der Waals surface area contributed by atoms with E-state index in [1.165, 1.54) is 34.8 Å².